The Morgan fingerprint density at radius 1 is 1.19 bits per heavy atom. The topological polar surface area (TPSA) is 153 Å². The monoisotopic (exact) mass is 779 g/mol. The fourth-order valence-corrected chi connectivity index (χ4v) is 7.79. The van der Waals surface area contributed by atoms with Crippen LogP contribution in [0.2, 0.25) is 5.02 Å². The molecule has 0 aliphatic carbocycles. The molecule has 4 aliphatic rings. The average molecular weight is 780 g/mol. The number of aliphatic hydroxyl groups is 1. The molecular weight excluding hydrogens is 726 g/mol. The Balaban J connectivity index is 1.72. The zero-order chi connectivity index (χ0) is 39.3. The number of anilines is 1. The van der Waals surface area contributed by atoms with Crippen molar-refractivity contribution in [2.24, 2.45) is 0 Å². The summed E-state index contributed by atoms with van der Waals surface area (Å²) >= 11 is 11.0. The van der Waals surface area contributed by atoms with Crippen LogP contribution < -0.4 is 15.0 Å². The number of amides is 3. The Morgan fingerprint density at radius 2 is 1.89 bits per heavy atom. The normalized spacial score (nSPS) is 31.2. The number of alkyl carbamates (subject to hydrolysis) is 1. The molecule has 6 bridgehead atoms. The van der Waals surface area contributed by atoms with Gasteiger partial charge in [0.15, 0.2) is 5.72 Å². The Kier molecular flexibility index (Phi) is 14.0. The summed E-state index contributed by atoms with van der Waals surface area (Å²) < 4.78 is 29.5. The number of thiol groups is 1. The van der Waals surface area contributed by atoms with Crippen LogP contribution in [0.1, 0.15) is 78.2 Å². The van der Waals surface area contributed by atoms with Crippen molar-refractivity contribution in [1.82, 2.24) is 10.2 Å². The molecule has 2 unspecified atom stereocenters. The Bertz CT molecular complexity index is 1600. The van der Waals surface area contributed by atoms with Gasteiger partial charge in [-0.1, -0.05) is 41.8 Å². The van der Waals surface area contributed by atoms with Gasteiger partial charge >= 0.3 is 12.1 Å². The van der Waals surface area contributed by atoms with E-state index >= 15 is 0 Å². The first kappa shape index (κ1) is 42.4. The maximum Gasteiger partial charge on any atom is 0.409 e. The number of rotatable bonds is 10. The van der Waals surface area contributed by atoms with Crippen molar-refractivity contribution < 1.29 is 48.0 Å². The minimum Gasteiger partial charge on any atom is -0.495 e. The number of carbonyl (C=O) groups is 4. The molecule has 3 amide bonds. The number of carbonyl (C=O) groups excluding carboxylic acids is 4. The van der Waals surface area contributed by atoms with E-state index in [1.165, 1.54) is 24.0 Å². The third-order valence-corrected chi connectivity index (χ3v) is 11.2. The van der Waals surface area contributed by atoms with Crippen molar-refractivity contribution in [2.45, 2.75) is 120 Å². The molecule has 2 N–H and O–H groups in total. The molecule has 15 heteroatoms. The predicted molar refractivity (Wildman–Crippen MR) is 203 cm³/mol. The highest BCUT2D eigenvalue weighted by Gasteiger charge is 2.63. The quantitative estimate of drug-likeness (QED) is 0.165. The van der Waals surface area contributed by atoms with E-state index in [9.17, 15) is 24.3 Å². The number of benzene rings is 1. The molecular formula is C38H54ClN3O10S. The lowest BCUT2D eigenvalue weighted by molar-refractivity contribution is -0.328. The van der Waals surface area contributed by atoms with E-state index in [1.807, 2.05) is 13.0 Å². The van der Waals surface area contributed by atoms with E-state index in [1.54, 1.807) is 59.2 Å². The summed E-state index contributed by atoms with van der Waals surface area (Å²) in [5.74, 6) is -0.243. The van der Waals surface area contributed by atoms with Crippen molar-refractivity contribution in [2.75, 3.05) is 39.0 Å². The first-order chi connectivity index (χ1) is 24.9. The van der Waals surface area contributed by atoms with Crippen molar-refractivity contribution in [1.29, 1.82) is 0 Å². The largest absolute Gasteiger partial charge is 0.495 e. The fraction of sp³-hybridized carbons (Fsp3) is 0.632. The average Bonchev–Trinajstić information content (AvgIpc) is 3.09. The highest BCUT2D eigenvalue weighted by Crippen LogP contribution is 2.50. The van der Waals surface area contributed by atoms with Crippen LogP contribution in [0.15, 0.2) is 35.9 Å². The molecule has 1 aromatic rings. The summed E-state index contributed by atoms with van der Waals surface area (Å²) in [6.07, 6.45) is 4.27. The first-order valence-electron chi connectivity index (χ1n) is 17.9. The molecule has 53 heavy (non-hydrogen) atoms. The Labute approximate surface area is 322 Å². The highest BCUT2D eigenvalue weighted by atomic mass is 35.5. The molecule has 0 radical (unpaired) electrons. The molecule has 294 valence electrons. The standard InChI is InChI=1S/C38H54ClN3O10S/c1-23-13-12-14-28(49-8)38(47)21-30(51-35(46)40-38)37(4)22-36(3,52-37)29(50-34(45)24(2)41(5)31(43)15-10-9-11-16-53)20-32(44)42(6)26-18-25(17-23)19-27(48-7)33(26)39/h12-14,18-19,24,28-30,47,53H,9-11,15-17,20-22H2,1-8H3,(H,40,46)/b14-12+,23-13+/t24-,28+,29-,30?,36+,37?,38-/m0/s1. The third kappa shape index (κ3) is 9.69. The zero-order valence-electron chi connectivity index (χ0n) is 31.9. The van der Waals surface area contributed by atoms with Crippen LogP contribution in [0.4, 0.5) is 10.5 Å². The number of unbranched alkanes of at least 4 members (excludes halogenated alkanes) is 2. The molecule has 4 heterocycles. The number of methoxy groups -OCH3 is 2. The van der Waals surface area contributed by atoms with Gasteiger partial charge in [0.1, 0.15) is 46.3 Å². The van der Waals surface area contributed by atoms with Gasteiger partial charge in [0.25, 0.3) is 0 Å². The Morgan fingerprint density at radius 3 is 2.53 bits per heavy atom. The van der Waals surface area contributed by atoms with Gasteiger partial charge in [-0.05, 0) is 70.4 Å². The fourth-order valence-electron chi connectivity index (χ4n) is 7.25. The smallest absolute Gasteiger partial charge is 0.409 e. The molecule has 0 saturated carbocycles. The summed E-state index contributed by atoms with van der Waals surface area (Å²) in [5, 5.41) is 14.5. The number of ether oxygens (including phenoxy) is 5. The summed E-state index contributed by atoms with van der Waals surface area (Å²) in [4.78, 5) is 56.4. The molecule has 13 nitrogen and oxygen atoms in total. The number of nitrogens with one attached hydrogen (secondary N) is 1. The summed E-state index contributed by atoms with van der Waals surface area (Å²) in [7, 11) is 6.05. The highest BCUT2D eigenvalue weighted by molar-refractivity contribution is 7.80. The van der Waals surface area contributed by atoms with E-state index in [0.717, 1.165) is 29.7 Å². The van der Waals surface area contributed by atoms with Crippen molar-refractivity contribution in [3.8, 4) is 5.75 Å². The van der Waals surface area contributed by atoms with Crippen molar-refractivity contribution in [3.05, 3.63) is 46.5 Å². The van der Waals surface area contributed by atoms with E-state index in [-0.39, 0.29) is 36.6 Å². The predicted octanol–water partition coefficient (Wildman–Crippen LogP) is 5.15. The lowest BCUT2D eigenvalue weighted by Crippen LogP contribution is -2.72. The van der Waals surface area contributed by atoms with Gasteiger partial charge in [-0.2, -0.15) is 12.6 Å². The van der Waals surface area contributed by atoms with E-state index < -0.39 is 59.3 Å². The van der Waals surface area contributed by atoms with Gasteiger partial charge < -0.3 is 38.6 Å². The minimum atomic E-state index is -1.85. The maximum atomic E-state index is 14.1. The summed E-state index contributed by atoms with van der Waals surface area (Å²) in [6, 6.07) is 2.63. The number of likely N-dealkylation sites (N-methyl/N-ethyl adjacent to an activating group) is 1. The van der Waals surface area contributed by atoms with Crippen LogP contribution in [0.25, 0.3) is 0 Å². The third-order valence-electron chi connectivity index (χ3n) is 10.5. The number of halogens is 1. The van der Waals surface area contributed by atoms with E-state index in [4.69, 9.17) is 35.3 Å². The molecule has 2 saturated heterocycles. The van der Waals surface area contributed by atoms with Crippen LogP contribution in [-0.4, -0.2) is 109 Å². The molecule has 7 atom stereocenters. The molecule has 5 rings (SSSR count). The van der Waals surface area contributed by atoms with Gasteiger partial charge in [0, 0.05) is 40.5 Å². The van der Waals surface area contributed by atoms with Gasteiger partial charge in [0.05, 0.1) is 19.2 Å². The van der Waals surface area contributed by atoms with Crippen LogP contribution >= 0.6 is 24.2 Å². The molecule has 4 aliphatic heterocycles. The summed E-state index contributed by atoms with van der Waals surface area (Å²) in [6.45, 7) is 6.94. The second-order valence-corrected chi connectivity index (χ2v) is 15.5. The Hall–Kier alpha value is -3.30. The molecule has 0 spiro atoms. The molecule has 0 aromatic heterocycles. The lowest BCUT2D eigenvalue weighted by Gasteiger charge is -2.59. The van der Waals surface area contributed by atoms with E-state index in [2.05, 4.69) is 17.9 Å². The minimum absolute atomic E-state index is 0.0922. The SMILES string of the molecule is COc1cc2cc(c1Cl)N(C)C(=O)C[C@H](OC(=O)[C@H](C)N(C)C(=O)CCCCCS)[C@@]1(C)CC(C)(O1)C1C[C@@](O)(NC(=O)O1)[C@H](OC)/C=C/C=C(\C)C2. The van der Waals surface area contributed by atoms with Gasteiger partial charge in [-0.25, -0.2) is 9.59 Å². The number of hydrogen-bond donors (Lipinski definition) is 3. The number of hydrogen-bond acceptors (Lipinski definition) is 11. The second kappa shape index (κ2) is 17.4. The van der Waals surface area contributed by atoms with Gasteiger partial charge in [-0.15, -0.1) is 0 Å². The van der Waals surface area contributed by atoms with Crippen molar-refractivity contribution >= 4 is 53.8 Å². The van der Waals surface area contributed by atoms with Gasteiger partial charge in [0.2, 0.25) is 11.8 Å². The summed E-state index contributed by atoms with van der Waals surface area (Å²) in [5.41, 5.74) is -2.10. The van der Waals surface area contributed by atoms with Crippen LogP contribution in [-0.2, 0) is 39.8 Å². The number of allylic oxidation sites excluding steroid dienone is 3. The first-order valence-corrected chi connectivity index (χ1v) is 18.9. The van der Waals surface area contributed by atoms with Crippen LogP contribution in [0.3, 0.4) is 0 Å². The van der Waals surface area contributed by atoms with Crippen LogP contribution in [0, 0.1) is 0 Å². The van der Waals surface area contributed by atoms with Gasteiger partial charge in [-0.3, -0.25) is 14.9 Å². The second-order valence-electron chi connectivity index (χ2n) is 14.7. The van der Waals surface area contributed by atoms with E-state index in [0.29, 0.717) is 24.3 Å². The zero-order valence-corrected chi connectivity index (χ0v) is 33.6. The van der Waals surface area contributed by atoms with Crippen LogP contribution in [0.5, 0.6) is 5.75 Å². The maximum absolute atomic E-state index is 14.1. The lowest BCUT2D eigenvalue weighted by atomic mass is 9.72. The molecule has 2 fully saturated rings. The number of fused-ring (bicyclic) bond motifs is 6. The van der Waals surface area contributed by atoms with Crippen molar-refractivity contribution in [3.63, 3.8) is 0 Å². The number of esters is 1. The molecule has 1 aromatic carbocycles. The number of nitrogens with zero attached hydrogens (tertiary/aromatic N) is 2.